The fourth-order valence-electron chi connectivity index (χ4n) is 2.85. The molecule has 1 aromatic rings. The Morgan fingerprint density at radius 1 is 1.30 bits per heavy atom. The molecule has 3 atom stereocenters. The van der Waals surface area contributed by atoms with Gasteiger partial charge in [0.1, 0.15) is 0 Å². The van der Waals surface area contributed by atoms with Gasteiger partial charge in [0, 0.05) is 11.1 Å². The lowest BCUT2D eigenvalue weighted by atomic mass is 9.87. The Hall–Kier alpha value is -0.990. The Bertz CT molecular complexity index is 679. The van der Waals surface area contributed by atoms with Crippen LogP contribution >= 0.6 is 11.6 Å². The van der Waals surface area contributed by atoms with E-state index in [1.165, 1.54) is 6.07 Å². The van der Waals surface area contributed by atoms with Crippen LogP contribution in [0.4, 0.5) is 18.9 Å². The molecule has 9 heteroatoms. The van der Waals surface area contributed by atoms with Gasteiger partial charge in [0.2, 0.25) is 10.0 Å². The van der Waals surface area contributed by atoms with Crippen molar-refractivity contribution in [3.05, 3.63) is 28.8 Å². The van der Waals surface area contributed by atoms with Gasteiger partial charge in [-0.3, -0.25) is 4.72 Å². The van der Waals surface area contributed by atoms with E-state index < -0.39 is 38.7 Å². The van der Waals surface area contributed by atoms with Gasteiger partial charge in [-0.05, 0) is 43.4 Å². The Morgan fingerprint density at radius 3 is 2.52 bits per heavy atom. The van der Waals surface area contributed by atoms with E-state index in [0.29, 0.717) is 31.2 Å². The fraction of sp³-hybridized carbons (Fsp3) is 0.571. The number of anilines is 1. The summed E-state index contributed by atoms with van der Waals surface area (Å²) in [5.74, 6) is 0.303. The van der Waals surface area contributed by atoms with Crippen LogP contribution in [0.25, 0.3) is 0 Å². The highest BCUT2D eigenvalue weighted by Gasteiger charge is 2.39. The maximum absolute atomic E-state index is 13.1. The van der Waals surface area contributed by atoms with E-state index in [9.17, 15) is 21.6 Å². The molecule has 23 heavy (non-hydrogen) atoms. The third-order valence-electron chi connectivity index (χ3n) is 4.03. The first-order valence-electron chi connectivity index (χ1n) is 7.14. The molecule has 3 unspecified atom stereocenters. The summed E-state index contributed by atoms with van der Waals surface area (Å²) >= 11 is 5.58. The summed E-state index contributed by atoms with van der Waals surface area (Å²) in [5, 5.41) is -1.03. The minimum Gasteiger partial charge on any atom is -0.326 e. The summed E-state index contributed by atoms with van der Waals surface area (Å²) in [6, 6.07) is 2.32. The third-order valence-corrected chi connectivity index (χ3v) is 6.16. The second-order valence-corrected chi connectivity index (χ2v) is 8.29. The molecule has 1 fully saturated rings. The van der Waals surface area contributed by atoms with Crippen molar-refractivity contribution in [1.29, 1.82) is 0 Å². The van der Waals surface area contributed by atoms with E-state index in [2.05, 4.69) is 0 Å². The Balaban J connectivity index is 2.31. The summed E-state index contributed by atoms with van der Waals surface area (Å²) in [7, 11) is -4.02. The van der Waals surface area contributed by atoms with Gasteiger partial charge >= 0.3 is 6.18 Å². The first-order valence-corrected chi connectivity index (χ1v) is 9.07. The topological polar surface area (TPSA) is 72.2 Å². The van der Waals surface area contributed by atoms with E-state index in [1.807, 2.05) is 11.6 Å². The highest BCUT2D eigenvalue weighted by atomic mass is 35.5. The Labute approximate surface area is 138 Å². The summed E-state index contributed by atoms with van der Waals surface area (Å²) in [4.78, 5) is 0. The zero-order valence-electron chi connectivity index (χ0n) is 12.4. The molecule has 0 aromatic heterocycles. The SMILES string of the molecule is CC1CCC(S(=O)(=O)Nc2ccc(Cl)cc2C(F)(F)F)C(N)C1. The molecule has 130 valence electrons. The lowest BCUT2D eigenvalue weighted by molar-refractivity contribution is -0.136. The maximum atomic E-state index is 13.1. The van der Waals surface area contributed by atoms with Crippen LogP contribution in [0.2, 0.25) is 5.02 Å². The summed E-state index contributed by atoms with van der Waals surface area (Å²) in [5.41, 5.74) is 4.24. The summed E-state index contributed by atoms with van der Waals surface area (Å²) in [6.45, 7) is 1.97. The normalized spacial score (nSPS) is 26.1. The number of nitrogens with one attached hydrogen (secondary N) is 1. The molecule has 0 saturated heterocycles. The number of alkyl halides is 3. The van der Waals surface area contributed by atoms with Crippen molar-refractivity contribution in [2.75, 3.05) is 4.72 Å². The van der Waals surface area contributed by atoms with Crippen molar-refractivity contribution >= 4 is 27.3 Å². The van der Waals surface area contributed by atoms with Crippen molar-refractivity contribution in [2.24, 2.45) is 11.7 Å². The maximum Gasteiger partial charge on any atom is 0.418 e. The van der Waals surface area contributed by atoms with Crippen molar-refractivity contribution < 1.29 is 21.6 Å². The van der Waals surface area contributed by atoms with Crippen LogP contribution in [-0.4, -0.2) is 19.7 Å². The van der Waals surface area contributed by atoms with Crippen molar-refractivity contribution in [2.45, 2.75) is 43.7 Å². The van der Waals surface area contributed by atoms with Gasteiger partial charge in [0.15, 0.2) is 0 Å². The predicted octanol–water partition coefficient (Wildman–Crippen LogP) is 3.62. The van der Waals surface area contributed by atoms with Crippen LogP contribution in [0.3, 0.4) is 0 Å². The Kier molecular flexibility index (Phi) is 5.18. The monoisotopic (exact) mass is 370 g/mol. The molecule has 0 heterocycles. The van der Waals surface area contributed by atoms with Crippen molar-refractivity contribution in [3.63, 3.8) is 0 Å². The molecule has 0 spiro atoms. The quantitative estimate of drug-likeness (QED) is 0.853. The zero-order chi connectivity index (χ0) is 17.4. The van der Waals surface area contributed by atoms with Crippen molar-refractivity contribution in [3.8, 4) is 0 Å². The molecule has 2 rings (SSSR count). The van der Waals surface area contributed by atoms with Crippen LogP contribution in [0.5, 0.6) is 0 Å². The molecule has 3 N–H and O–H groups in total. The molecule has 0 bridgehead atoms. The van der Waals surface area contributed by atoms with Crippen molar-refractivity contribution in [1.82, 2.24) is 0 Å². The van der Waals surface area contributed by atoms with Crippen LogP contribution < -0.4 is 10.5 Å². The second-order valence-electron chi connectivity index (χ2n) is 5.96. The molecule has 0 amide bonds. The van der Waals surface area contributed by atoms with Gasteiger partial charge < -0.3 is 5.73 Å². The van der Waals surface area contributed by atoms with E-state index in [0.717, 1.165) is 6.07 Å². The Morgan fingerprint density at radius 2 is 1.96 bits per heavy atom. The van der Waals surface area contributed by atoms with Crippen LogP contribution in [0.15, 0.2) is 18.2 Å². The molecular weight excluding hydrogens is 353 g/mol. The van der Waals surface area contributed by atoms with Crippen LogP contribution in [0.1, 0.15) is 31.7 Å². The number of hydrogen-bond donors (Lipinski definition) is 2. The number of halogens is 4. The van der Waals surface area contributed by atoms with Gasteiger partial charge in [-0.15, -0.1) is 0 Å². The fourth-order valence-corrected chi connectivity index (χ4v) is 4.68. The van der Waals surface area contributed by atoms with Gasteiger partial charge in [0.25, 0.3) is 0 Å². The second kappa shape index (κ2) is 6.49. The first-order chi connectivity index (χ1) is 10.5. The number of sulfonamides is 1. The molecular formula is C14H18ClF3N2O2S. The summed E-state index contributed by atoms with van der Waals surface area (Å²) in [6.07, 6.45) is -3.19. The van der Waals surface area contributed by atoms with Gasteiger partial charge in [-0.25, -0.2) is 8.42 Å². The molecule has 0 radical (unpaired) electrons. The average molecular weight is 371 g/mol. The lowest BCUT2D eigenvalue weighted by Gasteiger charge is -2.32. The minimum absolute atomic E-state index is 0.122. The number of hydrogen-bond acceptors (Lipinski definition) is 3. The van der Waals surface area contributed by atoms with E-state index >= 15 is 0 Å². The van der Waals surface area contributed by atoms with Crippen LogP contribution in [-0.2, 0) is 16.2 Å². The molecule has 1 saturated carbocycles. The smallest absolute Gasteiger partial charge is 0.326 e. The van der Waals surface area contributed by atoms with E-state index in [-0.39, 0.29) is 5.02 Å². The van der Waals surface area contributed by atoms with Gasteiger partial charge in [-0.1, -0.05) is 18.5 Å². The molecule has 1 aromatic carbocycles. The zero-order valence-corrected chi connectivity index (χ0v) is 14.0. The molecule has 1 aliphatic rings. The predicted molar refractivity (Wildman–Crippen MR) is 83.8 cm³/mol. The summed E-state index contributed by atoms with van der Waals surface area (Å²) < 4.78 is 66.1. The number of nitrogens with two attached hydrogens (primary N) is 1. The van der Waals surface area contributed by atoms with E-state index in [1.54, 1.807) is 0 Å². The van der Waals surface area contributed by atoms with Gasteiger partial charge in [-0.2, -0.15) is 13.2 Å². The van der Waals surface area contributed by atoms with Gasteiger partial charge in [0.05, 0.1) is 16.5 Å². The average Bonchev–Trinajstić information content (AvgIpc) is 2.39. The highest BCUT2D eigenvalue weighted by Crippen LogP contribution is 2.38. The lowest BCUT2D eigenvalue weighted by Crippen LogP contribution is -2.47. The highest BCUT2D eigenvalue weighted by molar-refractivity contribution is 7.93. The van der Waals surface area contributed by atoms with Crippen LogP contribution in [0, 0.1) is 5.92 Å². The molecule has 0 aliphatic heterocycles. The number of rotatable bonds is 3. The third kappa shape index (κ3) is 4.30. The first kappa shape index (κ1) is 18.4. The largest absolute Gasteiger partial charge is 0.418 e. The van der Waals surface area contributed by atoms with E-state index in [4.69, 9.17) is 17.3 Å². The minimum atomic E-state index is -4.72. The molecule has 4 nitrogen and oxygen atoms in total. The molecule has 1 aliphatic carbocycles. The standard InChI is InChI=1S/C14H18ClF3N2O2S/c1-8-2-5-13(11(19)6-8)23(21,22)20-12-4-3-9(15)7-10(12)14(16,17)18/h3-4,7-8,11,13,20H,2,5-6,19H2,1H3. The number of benzene rings is 1.